The summed E-state index contributed by atoms with van der Waals surface area (Å²) in [6.07, 6.45) is 1.66. The maximum absolute atomic E-state index is 9.49. The molecule has 1 aliphatic heterocycles. The highest BCUT2D eigenvalue weighted by Gasteiger charge is 2.12. The summed E-state index contributed by atoms with van der Waals surface area (Å²) in [6.45, 7) is 2.26. The van der Waals surface area contributed by atoms with E-state index < -0.39 is 0 Å². The van der Waals surface area contributed by atoms with E-state index in [-0.39, 0.29) is 29.7 Å². The molecule has 16 heavy (non-hydrogen) atoms. The molecule has 0 aromatic carbocycles. The van der Waals surface area contributed by atoms with Crippen LogP contribution in [0.5, 0.6) is 5.75 Å². The van der Waals surface area contributed by atoms with Crippen LogP contribution in [-0.2, 0) is 6.54 Å². The maximum Gasteiger partial charge on any atom is 0.194 e. The number of halogens is 1. The van der Waals surface area contributed by atoms with Crippen molar-refractivity contribution >= 4 is 29.9 Å². The lowest BCUT2D eigenvalue weighted by atomic mass is 10.3. The van der Waals surface area contributed by atoms with Crippen LogP contribution in [0.25, 0.3) is 0 Å². The topological polar surface area (TPSA) is 60.8 Å². The van der Waals surface area contributed by atoms with E-state index in [1.54, 1.807) is 18.3 Å². The Bertz CT molecular complexity index is 383. The average molecular weight is 334 g/mol. The second-order valence-corrected chi connectivity index (χ2v) is 3.45. The first-order chi connectivity index (χ1) is 7.27. The number of pyridine rings is 1. The van der Waals surface area contributed by atoms with Gasteiger partial charge in [-0.3, -0.25) is 9.98 Å². The molecule has 2 heterocycles. The molecule has 0 aliphatic carbocycles. The first-order valence-corrected chi connectivity index (χ1v) is 4.89. The van der Waals surface area contributed by atoms with Gasteiger partial charge in [-0.25, -0.2) is 0 Å². The van der Waals surface area contributed by atoms with E-state index in [1.807, 2.05) is 11.9 Å². The Balaban J connectivity index is 0.00000128. The van der Waals surface area contributed by atoms with Crippen LogP contribution >= 0.6 is 24.0 Å². The van der Waals surface area contributed by atoms with Crippen molar-refractivity contribution in [3.63, 3.8) is 0 Å². The molecule has 0 fully saturated rings. The molecule has 1 aromatic heterocycles. The molecule has 5 nitrogen and oxygen atoms in total. The zero-order valence-electron chi connectivity index (χ0n) is 9.05. The van der Waals surface area contributed by atoms with E-state index in [0.717, 1.165) is 19.0 Å². The zero-order chi connectivity index (χ0) is 10.7. The van der Waals surface area contributed by atoms with E-state index in [0.29, 0.717) is 12.2 Å². The van der Waals surface area contributed by atoms with Gasteiger partial charge in [0.1, 0.15) is 11.4 Å². The predicted octanol–water partition coefficient (Wildman–Crippen LogP) is 0.796. The molecule has 0 atom stereocenters. The Morgan fingerprint density at radius 1 is 1.56 bits per heavy atom. The maximum atomic E-state index is 9.49. The fourth-order valence-electron chi connectivity index (χ4n) is 1.45. The molecule has 88 valence electrons. The summed E-state index contributed by atoms with van der Waals surface area (Å²) in [5, 5.41) is 12.6. The van der Waals surface area contributed by atoms with Gasteiger partial charge in [0, 0.05) is 19.8 Å². The summed E-state index contributed by atoms with van der Waals surface area (Å²) in [6, 6.07) is 3.34. The van der Waals surface area contributed by atoms with Crippen molar-refractivity contribution in [3.05, 3.63) is 24.0 Å². The molecule has 1 aliphatic rings. The SMILES string of the molecule is CN1CCN=C1NCc1ncccc1O.I. The van der Waals surface area contributed by atoms with E-state index in [4.69, 9.17) is 0 Å². The van der Waals surface area contributed by atoms with Crippen molar-refractivity contribution in [1.82, 2.24) is 15.2 Å². The molecule has 2 N–H and O–H groups in total. The number of aliphatic imine (C=N–C) groups is 1. The van der Waals surface area contributed by atoms with Gasteiger partial charge in [0.05, 0.1) is 13.1 Å². The highest BCUT2D eigenvalue weighted by atomic mass is 127. The molecule has 0 amide bonds. The number of hydrogen-bond acceptors (Lipinski definition) is 5. The second-order valence-electron chi connectivity index (χ2n) is 3.45. The number of nitrogens with one attached hydrogen (secondary N) is 1. The molecule has 0 saturated heterocycles. The van der Waals surface area contributed by atoms with Crippen LogP contribution in [0.2, 0.25) is 0 Å². The average Bonchev–Trinajstić information content (AvgIpc) is 2.63. The first kappa shape index (κ1) is 13.0. The monoisotopic (exact) mass is 334 g/mol. The van der Waals surface area contributed by atoms with E-state index in [2.05, 4.69) is 15.3 Å². The summed E-state index contributed by atoms with van der Waals surface area (Å²) in [7, 11) is 1.98. The molecular formula is C10H15IN4O. The van der Waals surface area contributed by atoms with Crippen molar-refractivity contribution in [2.24, 2.45) is 4.99 Å². The second kappa shape index (κ2) is 5.88. The van der Waals surface area contributed by atoms with Crippen LogP contribution in [0.1, 0.15) is 5.69 Å². The fourth-order valence-corrected chi connectivity index (χ4v) is 1.45. The van der Waals surface area contributed by atoms with Crippen molar-refractivity contribution in [2.75, 3.05) is 20.1 Å². The molecule has 6 heteroatoms. The first-order valence-electron chi connectivity index (χ1n) is 4.89. The van der Waals surface area contributed by atoms with Crippen LogP contribution in [0.15, 0.2) is 23.3 Å². The number of likely N-dealkylation sites (N-methyl/N-ethyl adjacent to an activating group) is 1. The largest absolute Gasteiger partial charge is 0.506 e. The molecular weight excluding hydrogens is 319 g/mol. The number of aromatic nitrogens is 1. The highest BCUT2D eigenvalue weighted by Crippen LogP contribution is 2.11. The Morgan fingerprint density at radius 3 is 3.00 bits per heavy atom. The van der Waals surface area contributed by atoms with Gasteiger partial charge in [0.15, 0.2) is 5.96 Å². The Labute approximate surface area is 112 Å². The van der Waals surface area contributed by atoms with Crippen molar-refractivity contribution in [2.45, 2.75) is 6.54 Å². The molecule has 2 rings (SSSR count). The van der Waals surface area contributed by atoms with E-state index >= 15 is 0 Å². The molecule has 1 aromatic rings. The number of hydrogen-bond donors (Lipinski definition) is 2. The third-order valence-electron chi connectivity index (χ3n) is 2.34. The van der Waals surface area contributed by atoms with Gasteiger partial charge in [0.2, 0.25) is 0 Å². The van der Waals surface area contributed by atoms with Gasteiger partial charge in [-0.2, -0.15) is 0 Å². The van der Waals surface area contributed by atoms with Gasteiger partial charge in [-0.05, 0) is 12.1 Å². The minimum atomic E-state index is 0. The molecule has 0 spiro atoms. The van der Waals surface area contributed by atoms with Gasteiger partial charge in [-0.1, -0.05) is 0 Å². The molecule has 0 bridgehead atoms. The standard InChI is InChI=1S/C10H14N4O.HI/c1-14-6-5-12-10(14)13-7-8-9(15)3-2-4-11-8;/h2-4,15H,5-7H2,1H3,(H,12,13);1H. The number of rotatable bonds is 2. The number of guanidine groups is 1. The Kier molecular flexibility index (Phi) is 4.78. The van der Waals surface area contributed by atoms with Crippen LogP contribution in [0, 0.1) is 0 Å². The Hall–Kier alpha value is -1.05. The summed E-state index contributed by atoms with van der Waals surface area (Å²) >= 11 is 0. The lowest BCUT2D eigenvalue weighted by molar-refractivity contribution is 0.461. The summed E-state index contributed by atoms with van der Waals surface area (Å²) in [4.78, 5) is 10.4. The van der Waals surface area contributed by atoms with Crippen molar-refractivity contribution < 1.29 is 5.11 Å². The van der Waals surface area contributed by atoms with Gasteiger partial charge < -0.3 is 15.3 Å². The van der Waals surface area contributed by atoms with Crippen LogP contribution in [-0.4, -0.2) is 41.1 Å². The summed E-state index contributed by atoms with van der Waals surface area (Å²) < 4.78 is 0. The van der Waals surface area contributed by atoms with E-state index in [1.165, 1.54) is 0 Å². The van der Waals surface area contributed by atoms with Crippen LogP contribution < -0.4 is 5.32 Å². The number of aromatic hydroxyl groups is 1. The Morgan fingerprint density at radius 2 is 2.38 bits per heavy atom. The summed E-state index contributed by atoms with van der Waals surface area (Å²) in [5.74, 6) is 1.08. The van der Waals surface area contributed by atoms with Gasteiger partial charge in [0.25, 0.3) is 0 Å². The van der Waals surface area contributed by atoms with Crippen molar-refractivity contribution in [3.8, 4) is 5.75 Å². The third-order valence-corrected chi connectivity index (χ3v) is 2.34. The van der Waals surface area contributed by atoms with Crippen LogP contribution in [0.4, 0.5) is 0 Å². The quantitative estimate of drug-likeness (QED) is 0.786. The normalized spacial score (nSPS) is 14.3. The molecule has 0 unspecified atom stereocenters. The lowest BCUT2D eigenvalue weighted by Gasteiger charge is -2.15. The van der Waals surface area contributed by atoms with Crippen molar-refractivity contribution in [1.29, 1.82) is 0 Å². The van der Waals surface area contributed by atoms with Gasteiger partial charge >= 0.3 is 0 Å². The van der Waals surface area contributed by atoms with E-state index in [9.17, 15) is 5.11 Å². The molecule has 0 saturated carbocycles. The smallest absolute Gasteiger partial charge is 0.194 e. The minimum absolute atomic E-state index is 0. The summed E-state index contributed by atoms with van der Waals surface area (Å²) in [5.41, 5.74) is 0.639. The third kappa shape index (κ3) is 2.97. The lowest BCUT2D eigenvalue weighted by Crippen LogP contribution is -2.35. The zero-order valence-corrected chi connectivity index (χ0v) is 11.4. The minimum Gasteiger partial charge on any atom is -0.506 e. The molecule has 0 radical (unpaired) electrons. The predicted molar refractivity (Wildman–Crippen MR) is 73.1 cm³/mol. The highest BCUT2D eigenvalue weighted by molar-refractivity contribution is 14.0. The van der Waals surface area contributed by atoms with Crippen LogP contribution in [0.3, 0.4) is 0 Å². The van der Waals surface area contributed by atoms with Gasteiger partial charge in [-0.15, -0.1) is 24.0 Å². The number of nitrogens with zero attached hydrogens (tertiary/aromatic N) is 3. The fraction of sp³-hybridized carbons (Fsp3) is 0.400.